The molecule has 0 aromatic heterocycles. The van der Waals surface area contributed by atoms with E-state index in [9.17, 15) is 24.5 Å². The third kappa shape index (κ3) is 3.29. The zero-order chi connectivity index (χ0) is 20.5. The number of nitro benzene ring substituents is 1. The quantitative estimate of drug-likeness (QED) is 0.483. The molecule has 0 bridgehead atoms. The molecule has 1 saturated heterocycles. The fourth-order valence-corrected chi connectivity index (χ4v) is 2.99. The van der Waals surface area contributed by atoms with Gasteiger partial charge in [0.2, 0.25) is 5.91 Å². The Kier molecular flexibility index (Phi) is 4.83. The lowest BCUT2D eigenvalue weighted by Crippen LogP contribution is -2.43. The molecular formula is C19H18N4O5. The lowest BCUT2D eigenvalue weighted by atomic mass is 9.92. The zero-order valence-electron chi connectivity index (χ0n) is 15.3. The maximum absolute atomic E-state index is 12.8. The summed E-state index contributed by atoms with van der Waals surface area (Å²) in [5, 5.41) is 13.4. The van der Waals surface area contributed by atoms with Crippen LogP contribution >= 0.6 is 0 Å². The molecule has 1 aliphatic rings. The molecule has 1 heterocycles. The Labute approximate surface area is 160 Å². The number of imide groups is 1. The maximum atomic E-state index is 12.8. The first-order valence-electron chi connectivity index (χ1n) is 8.44. The second-order valence-electron chi connectivity index (χ2n) is 6.54. The van der Waals surface area contributed by atoms with Crippen LogP contribution in [-0.4, -0.2) is 41.3 Å². The van der Waals surface area contributed by atoms with Crippen LogP contribution in [0.4, 0.5) is 16.2 Å². The third-order valence-electron chi connectivity index (χ3n) is 4.74. The van der Waals surface area contributed by atoms with Crippen LogP contribution in [0.15, 0.2) is 54.6 Å². The summed E-state index contributed by atoms with van der Waals surface area (Å²) in [6.07, 6.45) is 0. The van der Waals surface area contributed by atoms with Gasteiger partial charge in [0.25, 0.3) is 11.6 Å². The van der Waals surface area contributed by atoms with Crippen LogP contribution in [-0.2, 0) is 15.1 Å². The molecule has 144 valence electrons. The SMILES string of the molecule is CN(C(=O)CN1C(=O)N[C@](C)(c2ccccc2)C1=O)c1ccc([N+](=O)[O-])cc1. The molecule has 0 radical (unpaired) electrons. The van der Waals surface area contributed by atoms with Crippen molar-refractivity contribution in [2.24, 2.45) is 0 Å². The normalized spacial score (nSPS) is 18.7. The molecule has 0 aliphatic carbocycles. The Morgan fingerprint density at radius 2 is 1.75 bits per heavy atom. The number of nitrogens with zero attached hydrogens (tertiary/aromatic N) is 3. The Morgan fingerprint density at radius 3 is 2.32 bits per heavy atom. The number of rotatable bonds is 5. The first-order valence-corrected chi connectivity index (χ1v) is 8.44. The highest BCUT2D eigenvalue weighted by Gasteiger charge is 2.49. The fraction of sp³-hybridized carbons (Fsp3) is 0.211. The molecule has 0 unspecified atom stereocenters. The molecule has 3 rings (SSSR count). The van der Waals surface area contributed by atoms with Gasteiger partial charge in [0.15, 0.2) is 0 Å². The number of benzene rings is 2. The summed E-state index contributed by atoms with van der Waals surface area (Å²) in [5.74, 6) is -1.02. The van der Waals surface area contributed by atoms with E-state index in [-0.39, 0.29) is 5.69 Å². The average Bonchev–Trinajstić information content (AvgIpc) is 2.92. The summed E-state index contributed by atoms with van der Waals surface area (Å²) in [6.45, 7) is 1.15. The number of anilines is 1. The van der Waals surface area contributed by atoms with Crippen molar-refractivity contribution < 1.29 is 19.3 Å². The lowest BCUT2D eigenvalue weighted by molar-refractivity contribution is -0.384. The van der Waals surface area contributed by atoms with Gasteiger partial charge in [-0.05, 0) is 24.6 Å². The molecule has 9 nitrogen and oxygen atoms in total. The van der Waals surface area contributed by atoms with Crippen molar-refractivity contribution in [1.82, 2.24) is 10.2 Å². The fourth-order valence-electron chi connectivity index (χ4n) is 2.99. The van der Waals surface area contributed by atoms with Crippen molar-refractivity contribution >= 4 is 29.2 Å². The minimum atomic E-state index is -1.25. The van der Waals surface area contributed by atoms with Crippen molar-refractivity contribution in [1.29, 1.82) is 0 Å². The molecule has 2 aromatic rings. The number of urea groups is 1. The van der Waals surface area contributed by atoms with E-state index in [0.717, 1.165) is 4.90 Å². The number of nitrogens with one attached hydrogen (secondary N) is 1. The molecule has 1 N–H and O–H groups in total. The number of carbonyl (C=O) groups excluding carboxylic acids is 3. The summed E-state index contributed by atoms with van der Waals surface area (Å²) in [6, 6.07) is 13.5. The average molecular weight is 382 g/mol. The van der Waals surface area contributed by atoms with Crippen molar-refractivity contribution in [2.75, 3.05) is 18.5 Å². The molecule has 1 fully saturated rings. The Hall–Kier alpha value is -3.75. The summed E-state index contributed by atoms with van der Waals surface area (Å²) in [7, 11) is 1.47. The van der Waals surface area contributed by atoms with Crippen molar-refractivity contribution in [2.45, 2.75) is 12.5 Å². The zero-order valence-corrected chi connectivity index (χ0v) is 15.3. The largest absolute Gasteiger partial charge is 0.325 e. The van der Waals surface area contributed by atoms with Gasteiger partial charge in [0.1, 0.15) is 12.1 Å². The van der Waals surface area contributed by atoms with E-state index in [1.54, 1.807) is 37.3 Å². The van der Waals surface area contributed by atoms with Gasteiger partial charge in [0, 0.05) is 24.9 Å². The van der Waals surface area contributed by atoms with Crippen LogP contribution in [0.3, 0.4) is 0 Å². The number of carbonyl (C=O) groups is 3. The maximum Gasteiger partial charge on any atom is 0.325 e. The number of hydrogen-bond acceptors (Lipinski definition) is 5. The van der Waals surface area contributed by atoms with Crippen LogP contribution in [0.25, 0.3) is 0 Å². The van der Waals surface area contributed by atoms with Crippen LogP contribution in [0, 0.1) is 10.1 Å². The monoisotopic (exact) mass is 382 g/mol. The van der Waals surface area contributed by atoms with E-state index in [0.29, 0.717) is 11.3 Å². The van der Waals surface area contributed by atoms with Gasteiger partial charge in [-0.1, -0.05) is 30.3 Å². The lowest BCUT2D eigenvalue weighted by Gasteiger charge is -2.23. The number of non-ortho nitro benzene ring substituents is 1. The Bertz CT molecular complexity index is 945. The van der Waals surface area contributed by atoms with Gasteiger partial charge in [-0.2, -0.15) is 0 Å². The topological polar surface area (TPSA) is 113 Å². The molecule has 9 heteroatoms. The summed E-state index contributed by atoms with van der Waals surface area (Å²) < 4.78 is 0. The second kappa shape index (κ2) is 7.10. The first-order chi connectivity index (χ1) is 13.2. The van der Waals surface area contributed by atoms with Crippen LogP contribution in [0.1, 0.15) is 12.5 Å². The van der Waals surface area contributed by atoms with Crippen LogP contribution in [0.5, 0.6) is 0 Å². The predicted octanol–water partition coefficient (Wildman–Crippen LogP) is 2.02. The third-order valence-corrected chi connectivity index (χ3v) is 4.74. The number of hydrogen-bond donors (Lipinski definition) is 1. The Balaban J connectivity index is 1.75. The van der Waals surface area contributed by atoms with Gasteiger partial charge < -0.3 is 10.2 Å². The van der Waals surface area contributed by atoms with E-state index >= 15 is 0 Å². The van der Waals surface area contributed by atoms with E-state index < -0.39 is 34.9 Å². The van der Waals surface area contributed by atoms with E-state index in [1.807, 2.05) is 0 Å². The van der Waals surface area contributed by atoms with Gasteiger partial charge in [-0.25, -0.2) is 4.79 Å². The molecule has 4 amide bonds. The van der Waals surface area contributed by atoms with Gasteiger partial charge >= 0.3 is 6.03 Å². The van der Waals surface area contributed by atoms with Gasteiger partial charge in [-0.15, -0.1) is 0 Å². The summed E-state index contributed by atoms with van der Waals surface area (Å²) >= 11 is 0. The smallest absolute Gasteiger partial charge is 0.319 e. The summed E-state index contributed by atoms with van der Waals surface area (Å²) in [5.41, 5.74) is -0.317. The van der Waals surface area contributed by atoms with E-state index in [1.165, 1.54) is 36.2 Å². The molecule has 0 saturated carbocycles. The molecule has 2 aromatic carbocycles. The highest BCUT2D eigenvalue weighted by Crippen LogP contribution is 2.28. The van der Waals surface area contributed by atoms with E-state index in [4.69, 9.17) is 0 Å². The van der Waals surface area contributed by atoms with E-state index in [2.05, 4.69) is 5.32 Å². The number of likely N-dealkylation sites (N-methyl/N-ethyl adjacent to an activating group) is 1. The van der Waals surface area contributed by atoms with Crippen LogP contribution in [0.2, 0.25) is 0 Å². The molecule has 28 heavy (non-hydrogen) atoms. The number of nitro groups is 1. The van der Waals surface area contributed by atoms with Crippen molar-refractivity contribution in [3.05, 3.63) is 70.3 Å². The molecule has 1 atom stereocenters. The number of amides is 4. The Morgan fingerprint density at radius 1 is 1.14 bits per heavy atom. The van der Waals surface area contributed by atoms with Crippen LogP contribution < -0.4 is 10.2 Å². The predicted molar refractivity (Wildman–Crippen MR) is 101 cm³/mol. The minimum absolute atomic E-state index is 0.0997. The highest BCUT2D eigenvalue weighted by molar-refractivity contribution is 6.10. The standard InChI is InChI=1S/C19H18N4O5/c1-19(13-6-4-3-5-7-13)17(25)22(18(26)20-19)12-16(24)21(2)14-8-10-15(11-9-14)23(27)28/h3-11H,12H2,1-2H3,(H,20,26)/t19-/m1/s1. The molecule has 0 spiro atoms. The van der Waals surface area contributed by atoms with Crippen molar-refractivity contribution in [3.63, 3.8) is 0 Å². The first kappa shape index (κ1) is 19.0. The van der Waals surface area contributed by atoms with Gasteiger partial charge in [-0.3, -0.25) is 24.6 Å². The van der Waals surface area contributed by atoms with Crippen molar-refractivity contribution in [3.8, 4) is 0 Å². The van der Waals surface area contributed by atoms with Gasteiger partial charge in [0.05, 0.1) is 4.92 Å². The second-order valence-corrected chi connectivity index (χ2v) is 6.54. The summed E-state index contributed by atoms with van der Waals surface area (Å²) in [4.78, 5) is 50.1. The minimum Gasteiger partial charge on any atom is -0.319 e. The molecular weight excluding hydrogens is 364 g/mol. The molecule has 1 aliphatic heterocycles. The highest BCUT2D eigenvalue weighted by atomic mass is 16.6.